The molecule has 142 valence electrons. The van der Waals surface area contributed by atoms with E-state index in [2.05, 4.69) is 17.6 Å². The molecule has 2 aromatic rings. The Morgan fingerprint density at radius 3 is 2.63 bits per heavy atom. The standard InChI is InChI=1S/C20H22N2O4S/c1-3-4-10-26-16-7-5-6-14(11-16)18(23)22-20(27)21-17-12-15(19(24)25)9-8-13(17)2/h5-9,11-12H,3-4,10H2,1-2H3,(H,24,25)(H2,21,22,23,27)/p-1. The number of anilines is 1. The molecule has 2 aromatic carbocycles. The molecule has 0 bridgehead atoms. The Hall–Kier alpha value is -2.93. The van der Waals surface area contributed by atoms with E-state index in [1.54, 1.807) is 37.3 Å². The van der Waals surface area contributed by atoms with Crippen LogP contribution in [0.15, 0.2) is 42.5 Å². The maximum absolute atomic E-state index is 12.4. The van der Waals surface area contributed by atoms with Crippen LogP contribution in [-0.4, -0.2) is 23.6 Å². The van der Waals surface area contributed by atoms with Crippen LogP contribution >= 0.6 is 12.2 Å². The summed E-state index contributed by atoms with van der Waals surface area (Å²) in [4.78, 5) is 23.4. The van der Waals surface area contributed by atoms with E-state index in [1.165, 1.54) is 12.1 Å². The summed E-state index contributed by atoms with van der Waals surface area (Å²) in [6.07, 6.45) is 1.97. The number of benzene rings is 2. The van der Waals surface area contributed by atoms with Crippen LogP contribution in [0.2, 0.25) is 0 Å². The summed E-state index contributed by atoms with van der Waals surface area (Å²) in [7, 11) is 0. The number of nitrogens with one attached hydrogen (secondary N) is 2. The third-order valence-corrected chi connectivity index (χ3v) is 4.02. The lowest BCUT2D eigenvalue weighted by Crippen LogP contribution is -2.34. The number of hydrogen-bond donors (Lipinski definition) is 2. The zero-order valence-corrected chi connectivity index (χ0v) is 16.0. The van der Waals surface area contributed by atoms with Crippen molar-refractivity contribution in [3.05, 3.63) is 59.2 Å². The first-order valence-corrected chi connectivity index (χ1v) is 8.98. The summed E-state index contributed by atoms with van der Waals surface area (Å²) in [6, 6.07) is 11.3. The molecule has 0 unspecified atom stereocenters. The molecule has 1 amide bonds. The van der Waals surface area contributed by atoms with Crippen LogP contribution in [0.3, 0.4) is 0 Å². The second kappa shape index (κ2) is 9.68. The van der Waals surface area contributed by atoms with E-state index in [1.807, 2.05) is 0 Å². The molecule has 2 rings (SSSR count). The zero-order chi connectivity index (χ0) is 19.8. The monoisotopic (exact) mass is 385 g/mol. The number of carbonyl (C=O) groups is 2. The van der Waals surface area contributed by atoms with Gasteiger partial charge in [-0.2, -0.15) is 0 Å². The fourth-order valence-electron chi connectivity index (χ4n) is 2.27. The first-order chi connectivity index (χ1) is 12.9. The molecule has 2 N–H and O–H groups in total. The van der Waals surface area contributed by atoms with E-state index in [4.69, 9.17) is 17.0 Å². The number of ether oxygens (including phenoxy) is 1. The smallest absolute Gasteiger partial charge is 0.257 e. The molecule has 0 radical (unpaired) electrons. The molecule has 0 heterocycles. The van der Waals surface area contributed by atoms with Gasteiger partial charge in [0.2, 0.25) is 0 Å². The van der Waals surface area contributed by atoms with Gasteiger partial charge in [0.05, 0.1) is 12.6 Å². The van der Waals surface area contributed by atoms with Gasteiger partial charge in [-0.1, -0.05) is 31.5 Å². The summed E-state index contributed by atoms with van der Waals surface area (Å²) in [5, 5.41) is 16.5. The van der Waals surface area contributed by atoms with Crippen molar-refractivity contribution in [2.75, 3.05) is 11.9 Å². The number of hydrogen-bond acceptors (Lipinski definition) is 5. The number of thiocarbonyl (C=S) groups is 1. The van der Waals surface area contributed by atoms with Gasteiger partial charge in [0.15, 0.2) is 5.11 Å². The molecule has 7 heteroatoms. The normalized spacial score (nSPS) is 10.1. The van der Waals surface area contributed by atoms with Gasteiger partial charge in [-0.15, -0.1) is 0 Å². The van der Waals surface area contributed by atoms with E-state index >= 15 is 0 Å². The van der Waals surface area contributed by atoms with Crippen molar-refractivity contribution in [2.24, 2.45) is 0 Å². The molecule has 0 aliphatic carbocycles. The summed E-state index contributed by atoms with van der Waals surface area (Å²) in [5.41, 5.74) is 1.70. The second-order valence-electron chi connectivity index (χ2n) is 5.96. The highest BCUT2D eigenvalue weighted by molar-refractivity contribution is 7.80. The Labute approximate surface area is 163 Å². The molecule has 0 fully saturated rings. The van der Waals surface area contributed by atoms with Gasteiger partial charge in [-0.3, -0.25) is 10.1 Å². The Kier molecular flexibility index (Phi) is 7.31. The van der Waals surface area contributed by atoms with E-state index in [0.717, 1.165) is 18.4 Å². The van der Waals surface area contributed by atoms with Gasteiger partial charge >= 0.3 is 0 Å². The van der Waals surface area contributed by atoms with Gasteiger partial charge < -0.3 is 20.0 Å². The fourth-order valence-corrected chi connectivity index (χ4v) is 2.48. The molecule has 27 heavy (non-hydrogen) atoms. The van der Waals surface area contributed by atoms with E-state index in [0.29, 0.717) is 23.6 Å². The van der Waals surface area contributed by atoms with Gasteiger partial charge in [0.1, 0.15) is 5.75 Å². The number of carboxylic acid groups (broad SMARTS) is 1. The van der Waals surface area contributed by atoms with Crippen molar-refractivity contribution in [3.63, 3.8) is 0 Å². The lowest BCUT2D eigenvalue weighted by atomic mass is 10.1. The number of aryl methyl sites for hydroxylation is 1. The van der Waals surface area contributed by atoms with Crippen LogP contribution in [0.5, 0.6) is 5.75 Å². The largest absolute Gasteiger partial charge is 0.545 e. The first kappa shape index (κ1) is 20.4. The third-order valence-electron chi connectivity index (χ3n) is 3.81. The van der Waals surface area contributed by atoms with Gasteiger partial charge in [-0.05, 0) is 61.0 Å². The van der Waals surface area contributed by atoms with Crippen molar-refractivity contribution in [1.29, 1.82) is 0 Å². The quantitative estimate of drug-likeness (QED) is 0.563. The molecule has 0 spiro atoms. The first-order valence-electron chi connectivity index (χ1n) is 8.58. The Bertz CT molecular complexity index is 852. The third kappa shape index (κ3) is 6.07. The molecule has 0 saturated heterocycles. The maximum Gasteiger partial charge on any atom is 0.257 e. The highest BCUT2D eigenvalue weighted by Gasteiger charge is 2.10. The SMILES string of the molecule is CCCCOc1cccc(C(=O)NC(=S)Nc2cc(C(=O)[O-])ccc2C)c1. The van der Waals surface area contributed by atoms with Crippen molar-refractivity contribution in [2.45, 2.75) is 26.7 Å². The van der Waals surface area contributed by atoms with Gasteiger partial charge in [0.25, 0.3) is 5.91 Å². The van der Waals surface area contributed by atoms with Gasteiger partial charge in [-0.25, -0.2) is 0 Å². The minimum atomic E-state index is -1.28. The predicted molar refractivity (Wildman–Crippen MR) is 106 cm³/mol. The number of amides is 1. The van der Waals surface area contributed by atoms with Gasteiger partial charge in [0, 0.05) is 11.3 Å². The van der Waals surface area contributed by atoms with Crippen LogP contribution in [0, 0.1) is 6.92 Å². The van der Waals surface area contributed by atoms with Crippen LogP contribution in [0.4, 0.5) is 5.69 Å². The molecular formula is C20H21N2O4S-. The number of aromatic carboxylic acids is 1. The Balaban J connectivity index is 2.02. The maximum atomic E-state index is 12.4. The molecule has 6 nitrogen and oxygen atoms in total. The summed E-state index contributed by atoms with van der Waals surface area (Å²) < 4.78 is 5.60. The predicted octanol–water partition coefficient (Wildman–Crippen LogP) is 2.66. The number of carboxylic acids is 1. The fraction of sp³-hybridized carbons (Fsp3) is 0.250. The van der Waals surface area contributed by atoms with Crippen molar-refractivity contribution < 1.29 is 19.4 Å². The highest BCUT2D eigenvalue weighted by atomic mass is 32.1. The zero-order valence-electron chi connectivity index (χ0n) is 15.2. The van der Waals surface area contributed by atoms with Crippen LogP contribution in [0.1, 0.15) is 46.0 Å². The van der Waals surface area contributed by atoms with Crippen LogP contribution in [-0.2, 0) is 0 Å². The molecular weight excluding hydrogens is 364 g/mol. The second-order valence-corrected chi connectivity index (χ2v) is 6.36. The lowest BCUT2D eigenvalue weighted by Gasteiger charge is -2.14. The van der Waals surface area contributed by atoms with Crippen molar-refractivity contribution >= 4 is 34.9 Å². The minimum absolute atomic E-state index is 0.0224. The summed E-state index contributed by atoms with van der Waals surface area (Å²) in [6.45, 7) is 4.46. The summed E-state index contributed by atoms with van der Waals surface area (Å²) in [5.74, 6) is -1.05. The topological polar surface area (TPSA) is 90.5 Å². The van der Waals surface area contributed by atoms with Crippen molar-refractivity contribution in [3.8, 4) is 5.75 Å². The van der Waals surface area contributed by atoms with E-state index in [9.17, 15) is 14.7 Å². The van der Waals surface area contributed by atoms with Crippen LogP contribution in [0.25, 0.3) is 0 Å². The Morgan fingerprint density at radius 1 is 1.15 bits per heavy atom. The highest BCUT2D eigenvalue weighted by Crippen LogP contribution is 2.17. The molecule has 0 atom stereocenters. The molecule has 0 aliphatic rings. The minimum Gasteiger partial charge on any atom is -0.545 e. The molecule has 0 aliphatic heterocycles. The average molecular weight is 385 g/mol. The van der Waals surface area contributed by atoms with Crippen molar-refractivity contribution in [1.82, 2.24) is 5.32 Å². The number of carbonyl (C=O) groups excluding carboxylic acids is 2. The number of rotatable bonds is 7. The molecule has 0 aromatic heterocycles. The van der Waals surface area contributed by atoms with Crippen LogP contribution < -0.4 is 20.5 Å². The average Bonchev–Trinajstić information content (AvgIpc) is 2.63. The Morgan fingerprint density at radius 2 is 1.93 bits per heavy atom. The van der Waals surface area contributed by atoms with E-state index in [-0.39, 0.29) is 16.6 Å². The lowest BCUT2D eigenvalue weighted by molar-refractivity contribution is -0.255. The molecule has 0 saturated carbocycles. The van der Waals surface area contributed by atoms with E-state index < -0.39 is 5.97 Å². The number of unbranched alkanes of at least 4 members (excludes halogenated alkanes) is 1. The summed E-state index contributed by atoms with van der Waals surface area (Å²) >= 11 is 5.16.